The Hall–Kier alpha value is -1.62. The summed E-state index contributed by atoms with van der Waals surface area (Å²) in [5, 5.41) is 4.40. The average Bonchev–Trinajstić information content (AvgIpc) is 3.25. The molecule has 2 heterocycles. The predicted octanol–water partition coefficient (Wildman–Crippen LogP) is 3.86. The fraction of sp³-hybridized carbons (Fsp3) is 0.529. The molecule has 0 aliphatic heterocycles. The molecule has 1 amide bonds. The van der Waals surface area contributed by atoms with Crippen molar-refractivity contribution < 1.29 is 4.79 Å². The highest BCUT2D eigenvalue weighted by Crippen LogP contribution is 2.28. The van der Waals surface area contributed by atoms with Gasteiger partial charge in [-0.25, -0.2) is 0 Å². The molecule has 1 fully saturated rings. The van der Waals surface area contributed by atoms with Crippen LogP contribution in [0.2, 0.25) is 0 Å². The van der Waals surface area contributed by atoms with Gasteiger partial charge in [-0.3, -0.25) is 9.48 Å². The zero-order valence-corrected chi connectivity index (χ0v) is 14.1. The highest BCUT2D eigenvalue weighted by Gasteiger charge is 2.29. The third-order valence-corrected chi connectivity index (χ3v) is 5.32. The van der Waals surface area contributed by atoms with Crippen molar-refractivity contribution in [1.82, 2.24) is 14.7 Å². The topological polar surface area (TPSA) is 38.1 Å². The number of thiophene rings is 1. The molecular formula is C17H23N3OS. The van der Waals surface area contributed by atoms with Crippen LogP contribution in [0.25, 0.3) is 0 Å². The number of aryl methyl sites for hydroxylation is 2. The van der Waals surface area contributed by atoms with Gasteiger partial charge in [0.15, 0.2) is 0 Å². The van der Waals surface area contributed by atoms with Gasteiger partial charge in [0.05, 0.1) is 6.54 Å². The summed E-state index contributed by atoms with van der Waals surface area (Å²) in [6.07, 6.45) is 6.56. The second-order valence-electron chi connectivity index (χ2n) is 5.94. The maximum atomic E-state index is 12.9. The van der Waals surface area contributed by atoms with Gasteiger partial charge in [0.2, 0.25) is 0 Å². The van der Waals surface area contributed by atoms with Gasteiger partial charge in [0.25, 0.3) is 5.91 Å². The fourth-order valence-electron chi connectivity index (χ4n) is 3.12. The predicted molar refractivity (Wildman–Crippen MR) is 89.1 cm³/mol. The molecule has 0 aromatic carbocycles. The lowest BCUT2D eigenvalue weighted by Gasteiger charge is -2.28. The zero-order valence-electron chi connectivity index (χ0n) is 13.3. The van der Waals surface area contributed by atoms with E-state index in [1.54, 1.807) is 11.3 Å². The maximum Gasteiger partial charge on any atom is 0.274 e. The molecule has 0 N–H and O–H groups in total. The molecule has 0 radical (unpaired) electrons. The van der Waals surface area contributed by atoms with Crippen molar-refractivity contribution in [2.75, 3.05) is 0 Å². The smallest absolute Gasteiger partial charge is 0.274 e. The van der Waals surface area contributed by atoms with Gasteiger partial charge in [0, 0.05) is 28.5 Å². The number of nitrogens with zero attached hydrogens (tertiary/aromatic N) is 3. The monoisotopic (exact) mass is 317 g/mol. The number of carbonyl (C=O) groups is 1. The van der Waals surface area contributed by atoms with Gasteiger partial charge in [-0.2, -0.15) is 5.10 Å². The van der Waals surface area contributed by atoms with Crippen molar-refractivity contribution in [1.29, 1.82) is 0 Å². The molecule has 0 bridgehead atoms. The minimum absolute atomic E-state index is 0.0742. The first kappa shape index (κ1) is 15.3. The van der Waals surface area contributed by atoms with Crippen molar-refractivity contribution in [3.05, 3.63) is 39.8 Å². The van der Waals surface area contributed by atoms with E-state index in [0.29, 0.717) is 18.3 Å². The van der Waals surface area contributed by atoms with E-state index >= 15 is 0 Å². The van der Waals surface area contributed by atoms with Crippen LogP contribution in [0.5, 0.6) is 0 Å². The molecule has 22 heavy (non-hydrogen) atoms. The lowest BCUT2D eigenvalue weighted by molar-refractivity contribution is 0.0659. The summed E-state index contributed by atoms with van der Waals surface area (Å²) >= 11 is 1.78. The van der Waals surface area contributed by atoms with Gasteiger partial charge in [-0.05, 0) is 44.9 Å². The van der Waals surface area contributed by atoms with Crippen LogP contribution < -0.4 is 0 Å². The minimum atomic E-state index is 0.0742. The number of hydrogen-bond donors (Lipinski definition) is 0. The van der Waals surface area contributed by atoms with Crippen LogP contribution in [0.4, 0.5) is 0 Å². The Labute approximate surface area is 135 Å². The van der Waals surface area contributed by atoms with Crippen molar-refractivity contribution in [3.8, 4) is 0 Å². The van der Waals surface area contributed by atoms with Crippen LogP contribution in [-0.2, 0) is 13.1 Å². The van der Waals surface area contributed by atoms with Crippen LogP contribution in [-0.4, -0.2) is 26.6 Å². The third kappa shape index (κ3) is 3.24. The summed E-state index contributed by atoms with van der Waals surface area (Å²) in [6.45, 7) is 5.64. The maximum absolute atomic E-state index is 12.9. The van der Waals surface area contributed by atoms with Crippen LogP contribution >= 0.6 is 11.3 Å². The van der Waals surface area contributed by atoms with E-state index in [9.17, 15) is 4.79 Å². The van der Waals surface area contributed by atoms with E-state index in [1.165, 1.54) is 22.6 Å². The number of amides is 1. The highest BCUT2D eigenvalue weighted by atomic mass is 32.1. The first-order valence-corrected chi connectivity index (χ1v) is 8.88. The Morgan fingerprint density at radius 2 is 2.14 bits per heavy atom. The number of hydrogen-bond acceptors (Lipinski definition) is 3. The first-order valence-electron chi connectivity index (χ1n) is 8.07. The molecule has 2 aromatic rings. The summed E-state index contributed by atoms with van der Waals surface area (Å²) in [4.78, 5) is 17.5. The van der Waals surface area contributed by atoms with Gasteiger partial charge < -0.3 is 4.90 Å². The van der Waals surface area contributed by atoms with Crippen LogP contribution in [0, 0.1) is 6.92 Å². The molecule has 118 valence electrons. The van der Waals surface area contributed by atoms with Crippen molar-refractivity contribution in [3.63, 3.8) is 0 Å². The van der Waals surface area contributed by atoms with Gasteiger partial charge >= 0.3 is 0 Å². The molecule has 1 saturated carbocycles. The molecule has 0 saturated heterocycles. The molecule has 4 nitrogen and oxygen atoms in total. The molecule has 1 aliphatic rings. The van der Waals surface area contributed by atoms with E-state index in [0.717, 1.165) is 19.4 Å². The van der Waals surface area contributed by atoms with Crippen molar-refractivity contribution in [2.24, 2.45) is 0 Å². The highest BCUT2D eigenvalue weighted by molar-refractivity contribution is 7.11. The lowest BCUT2D eigenvalue weighted by atomic mass is 10.2. The Kier molecular flexibility index (Phi) is 4.62. The molecule has 3 rings (SSSR count). The van der Waals surface area contributed by atoms with E-state index in [2.05, 4.69) is 24.2 Å². The quantitative estimate of drug-likeness (QED) is 0.840. The Balaban J connectivity index is 1.82. The molecule has 5 heteroatoms. The molecular weight excluding hydrogens is 294 g/mol. The van der Waals surface area contributed by atoms with Crippen molar-refractivity contribution in [2.45, 2.75) is 58.7 Å². The van der Waals surface area contributed by atoms with E-state index < -0.39 is 0 Å². The minimum Gasteiger partial charge on any atom is -0.329 e. The Morgan fingerprint density at radius 3 is 2.73 bits per heavy atom. The largest absolute Gasteiger partial charge is 0.329 e. The van der Waals surface area contributed by atoms with E-state index in [1.807, 2.05) is 28.8 Å². The summed E-state index contributed by atoms with van der Waals surface area (Å²) in [5.74, 6) is 0.0742. The summed E-state index contributed by atoms with van der Waals surface area (Å²) in [6, 6.07) is 6.47. The molecule has 0 spiro atoms. The SMILES string of the molecule is CCn1ccc(C(=O)N(Cc2ccc(C)s2)C2CCCC2)n1. The van der Waals surface area contributed by atoms with E-state index in [4.69, 9.17) is 0 Å². The number of aromatic nitrogens is 2. The molecule has 0 unspecified atom stereocenters. The second-order valence-corrected chi connectivity index (χ2v) is 7.31. The van der Waals surface area contributed by atoms with Gasteiger partial charge in [-0.15, -0.1) is 11.3 Å². The van der Waals surface area contributed by atoms with Crippen molar-refractivity contribution >= 4 is 17.2 Å². The molecule has 2 aromatic heterocycles. The molecule has 0 atom stereocenters. The summed E-state index contributed by atoms with van der Waals surface area (Å²) in [5.41, 5.74) is 0.571. The fourth-order valence-corrected chi connectivity index (χ4v) is 4.01. The summed E-state index contributed by atoms with van der Waals surface area (Å²) < 4.78 is 1.81. The summed E-state index contributed by atoms with van der Waals surface area (Å²) in [7, 11) is 0. The number of rotatable bonds is 5. The number of carbonyl (C=O) groups excluding carboxylic acids is 1. The standard InChI is InChI=1S/C17H23N3OS/c1-3-19-11-10-16(18-19)17(21)20(14-6-4-5-7-14)12-15-9-8-13(2)22-15/h8-11,14H,3-7,12H2,1-2H3. The van der Waals surface area contributed by atoms with Crippen LogP contribution in [0.3, 0.4) is 0 Å². The third-order valence-electron chi connectivity index (χ3n) is 4.33. The van der Waals surface area contributed by atoms with Gasteiger partial charge in [-0.1, -0.05) is 12.8 Å². The van der Waals surface area contributed by atoms with Crippen LogP contribution in [0.15, 0.2) is 24.4 Å². The lowest BCUT2D eigenvalue weighted by Crippen LogP contribution is -2.38. The normalized spacial score (nSPS) is 15.4. The first-order chi connectivity index (χ1) is 10.7. The second kappa shape index (κ2) is 6.65. The Morgan fingerprint density at radius 1 is 1.36 bits per heavy atom. The zero-order chi connectivity index (χ0) is 15.5. The van der Waals surface area contributed by atoms with Gasteiger partial charge in [0.1, 0.15) is 5.69 Å². The van der Waals surface area contributed by atoms with Crippen LogP contribution in [0.1, 0.15) is 52.8 Å². The Bertz CT molecular complexity index is 640. The molecule has 1 aliphatic carbocycles. The average molecular weight is 317 g/mol. The van der Waals surface area contributed by atoms with E-state index in [-0.39, 0.29) is 5.91 Å².